The Kier molecular flexibility index (Phi) is 2.72. The van der Waals surface area contributed by atoms with Gasteiger partial charge in [0, 0.05) is 18.3 Å². The predicted octanol–water partition coefficient (Wildman–Crippen LogP) is 2.26. The zero-order valence-corrected chi connectivity index (χ0v) is 9.18. The van der Waals surface area contributed by atoms with Gasteiger partial charge in [-0.1, -0.05) is 23.4 Å². The van der Waals surface area contributed by atoms with Gasteiger partial charge in [0.25, 0.3) is 5.91 Å². The lowest BCUT2D eigenvalue weighted by Crippen LogP contribution is -2.27. The topological polar surface area (TPSA) is 46.3 Å². The summed E-state index contributed by atoms with van der Waals surface area (Å²) in [7, 11) is 1.71. The van der Waals surface area contributed by atoms with Gasteiger partial charge in [0.2, 0.25) is 0 Å². The van der Waals surface area contributed by atoms with Gasteiger partial charge in [-0.15, -0.1) is 0 Å². The van der Waals surface area contributed by atoms with Crippen LogP contribution < -0.4 is 4.90 Å². The number of benzene rings is 1. The van der Waals surface area contributed by atoms with E-state index in [9.17, 15) is 4.79 Å². The summed E-state index contributed by atoms with van der Waals surface area (Å²) in [6.45, 7) is 1.79. The Hall–Kier alpha value is -2.10. The molecule has 2 rings (SSSR count). The summed E-state index contributed by atoms with van der Waals surface area (Å²) >= 11 is 0. The molecule has 2 aromatic rings. The fourth-order valence-corrected chi connectivity index (χ4v) is 1.42. The van der Waals surface area contributed by atoms with Crippen LogP contribution in [0.3, 0.4) is 0 Å². The summed E-state index contributed by atoms with van der Waals surface area (Å²) in [5.74, 6) is -0.169. The molecule has 0 radical (unpaired) electrons. The highest BCUT2D eigenvalue weighted by atomic mass is 16.5. The number of carbonyl (C=O) groups excluding carboxylic acids is 1. The Morgan fingerprint density at radius 3 is 2.56 bits per heavy atom. The largest absolute Gasteiger partial charge is 0.364 e. The van der Waals surface area contributed by atoms with Gasteiger partial charge in [0.1, 0.15) is 6.26 Å². The van der Waals surface area contributed by atoms with E-state index in [4.69, 9.17) is 4.52 Å². The van der Waals surface area contributed by atoms with Gasteiger partial charge < -0.3 is 9.42 Å². The van der Waals surface area contributed by atoms with Crippen molar-refractivity contribution in [3.8, 4) is 0 Å². The maximum absolute atomic E-state index is 12.0. The molecule has 0 fully saturated rings. The number of hydrogen-bond donors (Lipinski definition) is 0. The molecular formula is C12H12N2O2. The first kappa shape index (κ1) is 10.4. The van der Waals surface area contributed by atoms with Crippen molar-refractivity contribution in [1.29, 1.82) is 0 Å². The summed E-state index contributed by atoms with van der Waals surface area (Å²) in [6, 6.07) is 9.41. The van der Waals surface area contributed by atoms with Crippen molar-refractivity contribution in [3.05, 3.63) is 47.9 Å². The number of amides is 1. The molecule has 1 aromatic carbocycles. The molecule has 0 aliphatic heterocycles. The molecule has 0 unspecified atom stereocenters. The molecule has 0 N–H and O–H groups in total. The van der Waals surface area contributed by atoms with Gasteiger partial charge in [-0.05, 0) is 19.1 Å². The van der Waals surface area contributed by atoms with Gasteiger partial charge in [-0.25, -0.2) is 0 Å². The number of aromatic nitrogens is 1. The third kappa shape index (κ3) is 1.82. The molecule has 82 valence electrons. The molecule has 0 atom stereocenters. The fourth-order valence-electron chi connectivity index (χ4n) is 1.42. The third-order valence-electron chi connectivity index (χ3n) is 2.40. The van der Waals surface area contributed by atoms with E-state index in [1.54, 1.807) is 18.9 Å². The van der Waals surface area contributed by atoms with Crippen LogP contribution in [0.5, 0.6) is 0 Å². The van der Waals surface area contributed by atoms with Crippen molar-refractivity contribution in [1.82, 2.24) is 5.16 Å². The van der Waals surface area contributed by atoms with Crippen LogP contribution in [-0.4, -0.2) is 18.1 Å². The van der Waals surface area contributed by atoms with Crippen molar-refractivity contribution in [2.45, 2.75) is 6.92 Å². The smallest absolute Gasteiger partial charge is 0.280 e. The number of hydrogen-bond acceptors (Lipinski definition) is 3. The van der Waals surface area contributed by atoms with Crippen LogP contribution in [-0.2, 0) is 0 Å². The van der Waals surface area contributed by atoms with E-state index in [0.717, 1.165) is 11.3 Å². The highest BCUT2D eigenvalue weighted by Gasteiger charge is 2.18. The van der Waals surface area contributed by atoms with Crippen LogP contribution in [0.4, 0.5) is 5.69 Å². The zero-order valence-electron chi connectivity index (χ0n) is 9.18. The zero-order chi connectivity index (χ0) is 11.5. The number of nitrogens with zero attached hydrogens (tertiary/aromatic N) is 2. The lowest BCUT2D eigenvalue weighted by molar-refractivity contribution is 0.0984. The lowest BCUT2D eigenvalue weighted by Gasteiger charge is -2.15. The van der Waals surface area contributed by atoms with Gasteiger partial charge >= 0.3 is 0 Å². The van der Waals surface area contributed by atoms with E-state index in [0.29, 0.717) is 5.69 Å². The number of anilines is 1. The molecule has 4 nitrogen and oxygen atoms in total. The maximum Gasteiger partial charge on any atom is 0.280 e. The molecule has 0 aliphatic carbocycles. The summed E-state index contributed by atoms with van der Waals surface area (Å²) in [5.41, 5.74) is 1.93. The Morgan fingerprint density at radius 2 is 2.00 bits per heavy atom. The second-order valence-corrected chi connectivity index (χ2v) is 3.55. The van der Waals surface area contributed by atoms with Crippen LogP contribution >= 0.6 is 0 Å². The molecule has 1 heterocycles. The number of rotatable bonds is 2. The molecule has 16 heavy (non-hydrogen) atoms. The highest BCUT2D eigenvalue weighted by molar-refractivity contribution is 6.05. The van der Waals surface area contributed by atoms with Crippen molar-refractivity contribution < 1.29 is 9.32 Å². The van der Waals surface area contributed by atoms with Crippen LogP contribution in [0.2, 0.25) is 0 Å². The van der Waals surface area contributed by atoms with Gasteiger partial charge in [0.05, 0.1) is 0 Å². The quantitative estimate of drug-likeness (QED) is 0.773. The average molecular weight is 216 g/mol. The molecule has 0 saturated heterocycles. The van der Waals surface area contributed by atoms with Crippen LogP contribution in [0, 0.1) is 6.92 Å². The minimum absolute atomic E-state index is 0.169. The summed E-state index contributed by atoms with van der Waals surface area (Å²) in [6.07, 6.45) is 1.46. The average Bonchev–Trinajstić information content (AvgIpc) is 2.75. The molecule has 4 heteroatoms. The first-order chi connectivity index (χ1) is 7.70. The SMILES string of the molecule is Cc1conc1C(=O)N(C)c1ccccc1. The molecule has 0 aliphatic rings. The monoisotopic (exact) mass is 216 g/mol. The minimum Gasteiger partial charge on any atom is -0.364 e. The predicted molar refractivity (Wildman–Crippen MR) is 60.4 cm³/mol. The van der Waals surface area contributed by atoms with Crippen molar-refractivity contribution >= 4 is 11.6 Å². The highest BCUT2D eigenvalue weighted by Crippen LogP contribution is 2.15. The molecule has 0 bridgehead atoms. The van der Waals surface area contributed by atoms with E-state index >= 15 is 0 Å². The normalized spacial score (nSPS) is 10.1. The Balaban J connectivity index is 2.27. The van der Waals surface area contributed by atoms with Gasteiger partial charge in [-0.2, -0.15) is 0 Å². The Bertz CT molecular complexity index is 491. The van der Waals surface area contributed by atoms with E-state index in [-0.39, 0.29) is 5.91 Å². The Morgan fingerprint density at radius 1 is 1.31 bits per heavy atom. The number of carbonyl (C=O) groups is 1. The van der Waals surface area contributed by atoms with Crippen LogP contribution in [0.1, 0.15) is 16.1 Å². The van der Waals surface area contributed by atoms with Crippen molar-refractivity contribution in [2.24, 2.45) is 0 Å². The van der Waals surface area contributed by atoms with E-state index in [1.807, 2.05) is 30.3 Å². The maximum atomic E-state index is 12.0. The first-order valence-electron chi connectivity index (χ1n) is 4.94. The van der Waals surface area contributed by atoms with Gasteiger partial charge in [-0.3, -0.25) is 4.79 Å². The van der Waals surface area contributed by atoms with Crippen LogP contribution in [0.15, 0.2) is 41.1 Å². The van der Waals surface area contributed by atoms with E-state index in [2.05, 4.69) is 5.16 Å². The first-order valence-corrected chi connectivity index (χ1v) is 4.94. The third-order valence-corrected chi connectivity index (χ3v) is 2.40. The summed E-state index contributed by atoms with van der Waals surface area (Å²) < 4.78 is 4.75. The van der Waals surface area contributed by atoms with Crippen LogP contribution in [0.25, 0.3) is 0 Å². The molecule has 0 saturated carbocycles. The second kappa shape index (κ2) is 4.18. The minimum atomic E-state index is -0.169. The summed E-state index contributed by atoms with van der Waals surface area (Å²) in [5, 5.41) is 3.70. The summed E-state index contributed by atoms with van der Waals surface area (Å²) in [4.78, 5) is 13.6. The number of aryl methyl sites for hydroxylation is 1. The molecule has 1 aromatic heterocycles. The molecule has 0 spiro atoms. The van der Waals surface area contributed by atoms with Gasteiger partial charge in [0.15, 0.2) is 5.69 Å². The molecule has 1 amide bonds. The van der Waals surface area contributed by atoms with E-state index in [1.165, 1.54) is 6.26 Å². The van der Waals surface area contributed by atoms with E-state index < -0.39 is 0 Å². The molecular weight excluding hydrogens is 204 g/mol. The number of para-hydroxylation sites is 1. The van der Waals surface area contributed by atoms with Crippen molar-refractivity contribution in [2.75, 3.05) is 11.9 Å². The standard InChI is InChI=1S/C12H12N2O2/c1-9-8-16-13-11(9)12(15)14(2)10-6-4-3-5-7-10/h3-8H,1-2H3. The second-order valence-electron chi connectivity index (χ2n) is 3.55. The Labute approximate surface area is 93.5 Å². The van der Waals surface area contributed by atoms with Crippen molar-refractivity contribution in [3.63, 3.8) is 0 Å². The fraction of sp³-hybridized carbons (Fsp3) is 0.167. The lowest BCUT2D eigenvalue weighted by atomic mass is 10.2.